The lowest BCUT2D eigenvalue weighted by molar-refractivity contribution is 0.0952. The Morgan fingerprint density at radius 1 is 1.00 bits per heavy atom. The third-order valence-corrected chi connectivity index (χ3v) is 4.62. The third kappa shape index (κ3) is 6.07. The standard InChI is InChI=1S/C23H25FN2O4/c1-16-22(17(2)30-26-16)15-29-21-9-5-18(6-10-21)23(27)25-13-3-4-14-28-20-11-7-19(24)8-12-20/h5-12H,3-4,13-15H2,1-2H3,(H,25,27). The molecule has 3 rings (SSSR count). The van der Waals surface area contributed by atoms with Crippen molar-refractivity contribution < 1.29 is 23.2 Å². The Bertz CT molecular complexity index is 933. The molecule has 3 aromatic rings. The first kappa shape index (κ1) is 21.4. The molecule has 0 aliphatic rings. The van der Waals surface area contributed by atoms with Crippen LogP contribution in [0.4, 0.5) is 4.39 Å². The minimum atomic E-state index is -0.287. The Balaban J connectivity index is 1.34. The van der Waals surface area contributed by atoms with E-state index in [9.17, 15) is 9.18 Å². The topological polar surface area (TPSA) is 73.6 Å². The fraction of sp³-hybridized carbons (Fsp3) is 0.304. The minimum Gasteiger partial charge on any atom is -0.494 e. The van der Waals surface area contributed by atoms with E-state index in [0.29, 0.717) is 36.8 Å². The quantitative estimate of drug-likeness (QED) is 0.493. The lowest BCUT2D eigenvalue weighted by atomic mass is 10.2. The van der Waals surface area contributed by atoms with E-state index in [-0.39, 0.29) is 11.7 Å². The van der Waals surface area contributed by atoms with Crippen molar-refractivity contribution in [3.8, 4) is 11.5 Å². The van der Waals surface area contributed by atoms with Crippen LogP contribution in [0, 0.1) is 19.7 Å². The molecule has 0 saturated heterocycles. The second-order valence-corrected chi connectivity index (χ2v) is 6.88. The maximum absolute atomic E-state index is 12.8. The van der Waals surface area contributed by atoms with Gasteiger partial charge in [0, 0.05) is 12.1 Å². The molecule has 0 radical (unpaired) electrons. The molecular weight excluding hydrogens is 387 g/mol. The largest absolute Gasteiger partial charge is 0.494 e. The SMILES string of the molecule is Cc1noc(C)c1COc1ccc(C(=O)NCCCCOc2ccc(F)cc2)cc1. The Morgan fingerprint density at radius 3 is 2.33 bits per heavy atom. The summed E-state index contributed by atoms with van der Waals surface area (Å²) in [6, 6.07) is 12.9. The highest BCUT2D eigenvalue weighted by Gasteiger charge is 2.10. The number of aromatic nitrogens is 1. The number of nitrogens with one attached hydrogen (secondary N) is 1. The van der Waals surface area contributed by atoms with Crippen molar-refractivity contribution in [3.05, 3.63) is 76.9 Å². The van der Waals surface area contributed by atoms with Crippen LogP contribution >= 0.6 is 0 Å². The Morgan fingerprint density at radius 2 is 1.67 bits per heavy atom. The van der Waals surface area contributed by atoms with Crippen LogP contribution in [-0.2, 0) is 6.61 Å². The number of rotatable bonds is 10. The van der Waals surface area contributed by atoms with Crippen LogP contribution < -0.4 is 14.8 Å². The molecule has 6 nitrogen and oxygen atoms in total. The summed E-state index contributed by atoms with van der Waals surface area (Å²) in [7, 11) is 0. The van der Waals surface area contributed by atoms with Crippen molar-refractivity contribution in [2.24, 2.45) is 0 Å². The van der Waals surface area contributed by atoms with Gasteiger partial charge in [-0.3, -0.25) is 4.79 Å². The van der Waals surface area contributed by atoms with Gasteiger partial charge in [-0.1, -0.05) is 5.16 Å². The molecule has 0 fully saturated rings. The molecule has 0 unspecified atom stereocenters. The van der Waals surface area contributed by atoms with E-state index in [1.807, 2.05) is 13.8 Å². The maximum atomic E-state index is 12.8. The molecular formula is C23H25FN2O4. The van der Waals surface area contributed by atoms with E-state index >= 15 is 0 Å². The number of benzene rings is 2. The normalized spacial score (nSPS) is 10.6. The van der Waals surface area contributed by atoms with Gasteiger partial charge in [0.05, 0.1) is 17.9 Å². The number of unbranched alkanes of at least 4 members (excludes halogenated alkanes) is 1. The van der Waals surface area contributed by atoms with Gasteiger partial charge in [-0.2, -0.15) is 0 Å². The Hall–Kier alpha value is -3.35. The van der Waals surface area contributed by atoms with E-state index < -0.39 is 0 Å². The monoisotopic (exact) mass is 412 g/mol. The van der Waals surface area contributed by atoms with Gasteiger partial charge in [0.1, 0.15) is 29.7 Å². The van der Waals surface area contributed by atoms with Crippen molar-refractivity contribution in [2.75, 3.05) is 13.2 Å². The van der Waals surface area contributed by atoms with Crippen molar-refractivity contribution >= 4 is 5.91 Å². The summed E-state index contributed by atoms with van der Waals surface area (Å²) in [5.41, 5.74) is 2.31. The number of hydrogen-bond acceptors (Lipinski definition) is 5. The average molecular weight is 412 g/mol. The Kier molecular flexibility index (Phi) is 7.43. The van der Waals surface area contributed by atoms with Crippen molar-refractivity contribution in [2.45, 2.75) is 33.3 Å². The number of ether oxygens (including phenoxy) is 2. The van der Waals surface area contributed by atoms with Crippen LogP contribution in [0.5, 0.6) is 11.5 Å². The molecule has 1 amide bonds. The molecule has 1 N–H and O–H groups in total. The highest BCUT2D eigenvalue weighted by Crippen LogP contribution is 2.18. The highest BCUT2D eigenvalue weighted by atomic mass is 19.1. The molecule has 1 aromatic heterocycles. The van der Waals surface area contributed by atoms with Crippen LogP contribution in [0.2, 0.25) is 0 Å². The van der Waals surface area contributed by atoms with Gasteiger partial charge in [-0.25, -0.2) is 4.39 Å². The fourth-order valence-electron chi connectivity index (χ4n) is 2.82. The number of aryl methyl sites for hydroxylation is 2. The minimum absolute atomic E-state index is 0.133. The molecule has 0 spiro atoms. The lowest BCUT2D eigenvalue weighted by Gasteiger charge is -2.09. The number of carbonyl (C=O) groups is 1. The van der Waals surface area contributed by atoms with E-state index in [2.05, 4.69) is 10.5 Å². The molecule has 0 saturated carbocycles. The van der Waals surface area contributed by atoms with Crippen LogP contribution in [0.15, 0.2) is 53.1 Å². The highest BCUT2D eigenvalue weighted by molar-refractivity contribution is 5.94. The van der Waals surface area contributed by atoms with Gasteiger partial charge >= 0.3 is 0 Å². The summed E-state index contributed by atoms with van der Waals surface area (Å²) in [6.45, 7) is 5.15. The van der Waals surface area contributed by atoms with Crippen LogP contribution in [0.25, 0.3) is 0 Å². The number of hydrogen-bond donors (Lipinski definition) is 1. The summed E-state index contributed by atoms with van der Waals surface area (Å²) in [5, 5.41) is 6.79. The third-order valence-electron chi connectivity index (χ3n) is 4.62. The predicted molar refractivity (Wildman–Crippen MR) is 110 cm³/mol. The van der Waals surface area contributed by atoms with Crippen LogP contribution in [0.3, 0.4) is 0 Å². The molecule has 30 heavy (non-hydrogen) atoms. The molecule has 158 valence electrons. The zero-order chi connectivity index (χ0) is 21.3. The smallest absolute Gasteiger partial charge is 0.251 e. The van der Waals surface area contributed by atoms with Gasteiger partial charge in [-0.05, 0) is 75.2 Å². The second-order valence-electron chi connectivity index (χ2n) is 6.88. The molecule has 7 heteroatoms. The first-order valence-electron chi connectivity index (χ1n) is 9.84. The molecule has 2 aromatic carbocycles. The summed E-state index contributed by atoms with van der Waals surface area (Å²) < 4.78 is 29.2. The molecule has 1 heterocycles. The van der Waals surface area contributed by atoms with Gasteiger partial charge < -0.3 is 19.3 Å². The van der Waals surface area contributed by atoms with Gasteiger partial charge in [0.15, 0.2) is 0 Å². The fourth-order valence-corrected chi connectivity index (χ4v) is 2.82. The van der Waals surface area contributed by atoms with Gasteiger partial charge in [0.2, 0.25) is 0 Å². The number of halogens is 1. The van der Waals surface area contributed by atoms with Crippen LogP contribution in [0.1, 0.15) is 40.2 Å². The zero-order valence-electron chi connectivity index (χ0n) is 17.1. The van der Waals surface area contributed by atoms with Gasteiger partial charge in [-0.15, -0.1) is 0 Å². The average Bonchev–Trinajstić information content (AvgIpc) is 3.08. The van der Waals surface area contributed by atoms with E-state index in [1.54, 1.807) is 36.4 Å². The molecule has 0 bridgehead atoms. The van der Waals surface area contributed by atoms with E-state index in [0.717, 1.165) is 29.9 Å². The van der Waals surface area contributed by atoms with E-state index in [1.165, 1.54) is 12.1 Å². The Labute approximate surface area is 175 Å². The van der Waals surface area contributed by atoms with Gasteiger partial charge in [0.25, 0.3) is 5.91 Å². The second kappa shape index (κ2) is 10.4. The molecule has 0 aliphatic heterocycles. The van der Waals surface area contributed by atoms with Crippen LogP contribution in [-0.4, -0.2) is 24.2 Å². The number of amides is 1. The maximum Gasteiger partial charge on any atom is 0.251 e. The molecule has 0 aliphatic carbocycles. The molecule has 0 atom stereocenters. The predicted octanol–water partition coefficient (Wildman–Crippen LogP) is 4.60. The van der Waals surface area contributed by atoms with Crippen molar-refractivity contribution in [1.29, 1.82) is 0 Å². The van der Waals surface area contributed by atoms with Crippen molar-refractivity contribution in [1.82, 2.24) is 10.5 Å². The summed E-state index contributed by atoms with van der Waals surface area (Å²) in [5.74, 6) is 1.63. The first-order chi connectivity index (χ1) is 14.5. The number of carbonyl (C=O) groups excluding carboxylic acids is 1. The summed E-state index contributed by atoms with van der Waals surface area (Å²) in [6.07, 6.45) is 1.57. The summed E-state index contributed by atoms with van der Waals surface area (Å²) >= 11 is 0. The first-order valence-corrected chi connectivity index (χ1v) is 9.84. The lowest BCUT2D eigenvalue weighted by Crippen LogP contribution is -2.24. The summed E-state index contributed by atoms with van der Waals surface area (Å²) in [4.78, 5) is 12.2. The van der Waals surface area contributed by atoms with Crippen molar-refractivity contribution in [3.63, 3.8) is 0 Å². The van der Waals surface area contributed by atoms with E-state index in [4.69, 9.17) is 14.0 Å². The number of nitrogens with zero attached hydrogens (tertiary/aromatic N) is 1. The zero-order valence-corrected chi connectivity index (χ0v) is 17.1.